The van der Waals surface area contributed by atoms with E-state index in [9.17, 15) is 4.79 Å². The summed E-state index contributed by atoms with van der Waals surface area (Å²) in [5.41, 5.74) is 5.09. The van der Waals surface area contributed by atoms with E-state index >= 15 is 0 Å². The van der Waals surface area contributed by atoms with E-state index in [0.717, 1.165) is 12.8 Å². The number of carbonyl (C=O) groups excluding carboxylic acids is 1. The largest absolute Gasteiger partial charge is 0.396 e. The maximum atomic E-state index is 10.5. The molecule has 0 saturated heterocycles. The fourth-order valence-electron chi connectivity index (χ4n) is 0.526. The summed E-state index contributed by atoms with van der Waals surface area (Å²) in [4.78, 5) is 10.5. The van der Waals surface area contributed by atoms with Crippen molar-refractivity contribution in [3.05, 3.63) is 12.7 Å². The summed E-state index contributed by atoms with van der Waals surface area (Å²) >= 11 is 0. The van der Waals surface area contributed by atoms with Crippen LogP contribution in [0, 0.1) is 0 Å². The van der Waals surface area contributed by atoms with Gasteiger partial charge in [-0.25, -0.2) is 5.43 Å². The number of nitrogens with one attached hydrogen (secondary N) is 2. The molecule has 4 heteroatoms. The van der Waals surface area contributed by atoms with Crippen molar-refractivity contribution >= 4 is 5.91 Å². The Hall–Kier alpha value is -0.870. The average Bonchev–Trinajstić information content (AvgIpc) is 2.04. The minimum Gasteiger partial charge on any atom is -0.396 e. The zero-order valence-electron chi connectivity index (χ0n) is 6.47. The van der Waals surface area contributed by atoms with Gasteiger partial charge < -0.3 is 5.11 Å². The quantitative estimate of drug-likeness (QED) is 0.279. The highest BCUT2D eigenvalue weighted by molar-refractivity contribution is 5.86. The number of amides is 1. The normalized spacial score (nSPS) is 9.18. The van der Waals surface area contributed by atoms with Gasteiger partial charge >= 0.3 is 0 Å². The molecule has 0 rings (SSSR count). The molecule has 0 aliphatic carbocycles. The van der Waals surface area contributed by atoms with Crippen LogP contribution in [0.2, 0.25) is 0 Å². The lowest BCUT2D eigenvalue weighted by atomic mass is 10.3. The molecule has 0 bridgehead atoms. The smallest absolute Gasteiger partial charge is 0.257 e. The van der Waals surface area contributed by atoms with Crippen molar-refractivity contribution in [2.45, 2.75) is 12.8 Å². The number of aliphatic hydroxyl groups excluding tert-OH is 1. The zero-order chi connectivity index (χ0) is 8.53. The Morgan fingerprint density at radius 3 is 2.82 bits per heavy atom. The third-order valence-corrected chi connectivity index (χ3v) is 1.11. The topological polar surface area (TPSA) is 61.4 Å². The van der Waals surface area contributed by atoms with Crippen LogP contribution in [0.25, 0.3) is 0 Å². The lowest BCUT2D eigenvalue weighted by Gasteiger charge is -2.02. The van der Waals surface area contributed by atoms with Gasteiger partial charge in [0.2, 0.25) is 0 Å². The number of aliphatic hydroxyl groups is 1. The van der Waals surface area contributed by atoms with E-state index in [2.05, 4.69) is 17.4 Å². The van der Waals surface area contributed by atoms with E-state index in [1.54, 1.807) is 0 Å². The van der Waals surface area contributed by atoms with Crippen LogP contribution >= 0.6 is 0 Å². The molecular formula is C7H14N2O2. The van der Waals surface area contributed by atoms with Gasteiger partial charge in [-0.05, 0) is 18.9 Å². The van der Waals surface area contributed by atoms with E-state index in [4.69, 9.17) is 5.11 Å². The van der Waals surface area contributed by atoms with Crippen LogP contribution < -0.4 is 10.9 Å². The summed E-state index contributed by atoms with van der Waals surface area (Å²) in [6.45, 7) is 4.14. The first-order valence-electron chi connectivity index (χ1n) is 3.57. The molecule has 0 aliphatic rings. The van der Waals surface area contributed by atoms with Crippen LogP contribution in [-0.2, 0) is 4.79 Å². The van der Waals surface area contributed by atoms with Crippen molar-refractivity contribution in [1.82, 2.24) is 10.9 Å². The summed E-state index contributed by atoms with van der Waals surface area (Å²) in [6.07, 6.45) is 2.78. The van der Waals surface area contributed by atoms with Gasteiger partial charge in [0.25, 0.3) is 5.91 Å². The van der Waals surface area contributed by atoms with Crippen molar-refractivity contribution in [2.75, 3.05) is 13.2 Å². The van der Waals surface area contributed by atoms with Crippen LogP contribution in [0.5, 0.6) is 0 Å². The third-order valence-electron chi connectivity index (χ3n) is 1.11. The molecule has 0 spiro atoms. The van der Waals surface area contributed by atoms with Crippen LogP contribution in [-0.4, -0.2) is 24.2 Å². The Balaban J connectivity index is 3.01. The van der Waals surface area contributed by atoms with Gasteiger partial charge in [0.1, 0.15) is 0 Å². The summed E-state index contributed by atoms with van der Waals surface area (Å²) in [6, 6.07) is 0. The van der Waals surface area contributed by atoms with Gasteiger partial charge in [-0.1, -0.05) is 6.58 Å². The van der Waals surface area contributed by atoms with Gasteiger partial charge in [-0.15, -0.1) is 0 Å². The molecule has 0 aliphatic heterocycles. The van der Waals surface area contributed by atoms with E-state index < -0.39 is 0 Å². The molecule has 1 amide bonds. The molecule has 0 atom stereocenters. The van der Waals surface area contributed by atoms with Crippen molar-refractivity contribution in [2.24, 2.45) is 0 Å². The number of hydrogen-bond donors (Lipinski definition) is 3. The highest BCUT2D eigenvalue weighted by atomic mass is 16.2. The van der Waals surface area contributed by atoms with E-state index in [0.29, 0.717) is 6.54 Å². The molecule has 0 aromatic heterocycles. The van der Waals surface area contributed by atoms with Gasteiger partial charge in [0.05, 0.1) is 0 Å². The van der Waals surface area contributed by atoms with Crippen molar-refractivity contribution in [1.29, 1.82) is 0 Å². The first kappa shape index (κ1) is 10.1. The predicted octanol–water partition coefficient (Wildman–Crippen LogP) is -0.434. The average molecular weight is 158 g/mol. The number of hydrogen-bond acceptors (Lipinski definition) is 3. The van der Waals surface area contributed by atoms with E-state index in [1.165, 1.54) is 6.08 Å². The zero-order valence-corrected chi connectivity index (χ0v) is 6.47. The first-order chi connectivity index (χ1) is 5.31. The second-order valence-corrected chi connectivity index (χ2v) is 2.05. The fraction of sp³-hybridized carbons (Fsp3) is 0.571. The number of hydrazine groups is 1. The molecular weight excluding hydrogens is 144 g/mol. The van der Waals surface area contributed by atoms with Crippen LogP contribution in [0.1, 0.15) is 12.8 Å². The van der Waals surface area contributed by atoms with Gasteiger partial charge in [-0.3, -0.25) is 10.2 Å². The Morgan fingerprint density at radius 1 is 1.55 bits per heavy atom. The highest BCUT2D eigenvalue weighted by Gasteiger charge is 1.90. The molecule has 0 unspecified atom stereocenters. The van der Waals surface area contributed by atoms with Gasteiger partial charge in [-0.2, -0.15) is 0 Å². The maximum absolute atomic E-state index is 10.5. The number of carbonyl (C=O) groups is 1. The SMILES string of the molecule is C=CC(=O)NNCCCCO. The van der Waals surface area contributed by atoms with E-state index in [1.807, 2.05) is 0 Å². The van der Waals surface area contributed by atoms with Crippen molar-refractivity contribution in [3.8, 4) is 0 Å². The summed E-state index contributed by atoms with van der Waals surface area (Å²) < 4.78 is 0. The Bertz CT molecular complexity index is 126. The molecule has 0 aromatic rings. The molecule has 0 fully saturated rings. The Labute approximate surface area is 66.3 Å². The number of unbranched alkanes of at least 4 members (excludes halogenated alkanes) is 1. The second kappa shape index (κ2) is 7.24. The molecule has 11 heavy (non-hydrogen) atoms. The molecule has 0 saturated carbocycles. The van der Waals surface area contributed by atoms with E-state index in [-0.39, 0.29) is 12.5 Å². The fourth-order valence-corrected chi connectivity index (χ4v) is 0.526. The van der Waals surface area contributed by atoms with Gasteiger partial charge in [0, 0.05) is 13.2 Å². The summed E-state index contributed by atoms with van der Waals surface area (Å²) in [5.74, 6) is -0.242. The minimum absolute atomic E-state index is 0.192. The molecule has 4 nitrogen and oxygen atoms in total. The molecule has 64 valence electrons. The molecule has 0 aromatic carbocycles. The maximum Gasteiger partial charge on any atom is 0.257 e. The van der Waals surface area contributed by atoms with Crippen LogP contribution in [0.15, 0.2) is 12.7 Å². The molecule has 0 heterocycles. The standard InChI is InChI=1S/C7H14N2O2/c1-2-7(11)9-8-5-3-4-6-10/h2,8,10H,1,3-6H2,(H,9,11). The van der Waals surface area contributed by atoms with Gasteiger partial charge in [0.15, 0.2) is 0 Å². The first-order valence-corrected chi connectivity index (χ1v) is 3.57. The Morgan fingerprint density at radius 2 is 2.27 bits per heavy atom. The third kappa shape index (κ3) is 7.02. The second-order valence-electron chi connectivity index (χ2n) is 2.05. The van der Waals surface area contributed by atoms with Crippen LogP contribution in [0.4, 0.5) is 0 Å². The minimum atomic E-state index is -0.242. The monoisotopic (exact) mass is 158 g/mol. The number of rotatable bonds is 6. The van der Waals surface area contributed by atoms with Crippen molar-refractivity contribution < 1.29 is 9.90 Å². The molecule has 0 radical (unpaired) electrons. The predicted molar refractivity (Wildman–Crippen MR) is 42.7 cm³/mol. The molecule has 3 N–H and O–H groups in total. The summed E-state index contributed by atoms with van der Waals surface area (Å²) in [5, 5.41) is 8.39. The lowest BCUT2D eigenvalue weighted by Crippen LogP contribution is -2.36. The van der Waals surface area contributed by atoms with Crippen molar-refractivity contribution in [3.63, 3.8) is 0 Å². The summed E-state index contributed by atoms with van der Waals surface area (Å²) in [7, 11) is 0. The van der Waals surface area contributed by atoms with Crippen LogP contribution in [0.3, 0.4) is 0 Å². The highest BCUT2D eigenvalue weighted by Crippen LogP contribution is 1.81. The lowest BCUT2D eigenvalue weighted by molar-refractivity contribution is -0.117. The Kier molecular flexibility index (Phi) is 6.67.